The Bertz CT molecular complexity index is 847. The third kappa shape index (κ3) is 5.89. The first-order chi connectivity index (χ1) is 13.2. The van der Waals surface area contributed by atoms with Crippen LogP contribution in [0.4, 0.5) is 0 Å². The molecule has 27 heavy (non-hydrogen) atoms. The predicted molar refractivity (Wildman–Crippen MR) is 104 cm³/mol. The lowest BCUT2D eigenvalue weighted by atomic mass is 10.0. The fraction of sp³-hybridized carbons (Fsp3) is 0.174. The SMILES string of the molecule is O=C(O)CC[C@H](Oc1cccc(OCc2ccccc2)c1)c1ccccc1. The Kier molecular flexibility index (Phi) is 6.47. The molecule has 138 valence electrons. The Morgan fingerprint density at radius 3 is 2.22 bits per heavy atom. The van der Waals surface area contributed by atoms with Crippen LogP contribution in [0.2, 0.25) is 0 Å². The van der Waals surface area contributed by atoms with E-state index in [1.807, 2.05) is 84.9 Å². The van der Waals surface area contributed by atoms with Gasteiger partial charge in [0.1, 0.15) is 24.2 Å². The van der Waals surface area contributed by atoms with Gasteiger partial charge in [-0.1, -0.05) is 66.7 Å². The minimum absolute atomic E-state index is 0.0454. The van der Waals surface area contributed by atoms with Gasteiger partial charge in [0.2, 0.25) is 0 Å². The van der Waals surface area contributed by atoms with E-state index in [1.165, 1.54) is 0 Å². The lowest BCUT2D eigenvalue weighted by Crippen LogP contribution is -2.10. The summed E-state index contributed by atoms with van der Waals surface area (Å²) in [6, 6.07) is 27.0. The Morgan fingerprint density at radius 2 is 1.52 bits per heavy atom. The highest BCUT2D eigenvalue weighted by atomic mass is 16.5. The summed E-state index contributed by atoms with van der Waals surface area (Å²) >= 11 is 0. The van der Waals surface area contributed by atoms with Gasteiger partial charge < -0.3 is 14.6 Å². The molecule has 0 aromatic heterocycles. The van der Waals surface area contributed by atoms with Crippen molar-refractivity contribution in [2.75, 3.05) is 0 Å². The Hall–Kier alpha value is -3.27. The van der Waals surface area contributed by atoms with E-state index in [0.717, 1.165) is 11.1 Å². The molecule has 3 aromatic carbocycles. The molecule has 0 saturated heterocycles. The zero-order valence-corrected chi connectivity index (χ0v) is 15.0. The van der Waals surface area contributed by atoms with E-state index < -0.39 is 5.97 Å². The third-order valence-electron chi connectivity index (χ3n) is 4.12. The van der Waals surface area contributed by atoms with Gasteiger partial charge in [-0.2, -0.15) is 0 Å². The van der Waals surface area contributed by atoms with Crippen LogP contribution in [-0.2, 0) is 11.4 Å². The number of hydrogen-bond acceptors (Lipinski definition) is 3. The number of aliphatic carboxylic acids is 1. The maximum atomic E-state index is 11.0. The van der Waals surface area contributed by atoms with Crippen molar-refractivity contribution in [1.29, 1.82) is 0 Å². The van der Waals surface area contributed by atoms with Gasteiger partial charge in [-0.15, -0.1) is 0 Å². The molecule has 4 nitrogen and oxygen atoms in total. The molecule has 0 bridgehead atoms. The molecule has 0 heterocycles. The van der Waals surface area contributed by atoms with E-state index in [0.29, 0.717) is 24.5 Å². The maximum absolute atomic E-state index is 11.0. The van der Waals surface area contributed by atoms with Crippen molar-refractivity contribution >= 4 is 5.97 Å². The third-order valence-corrected chi connectivity index (χ3v) is 4.12. The van der Waals surface area contributed by atoms with Gasteiger partial charge >= 0.3 is 5.97 Å². The van der Waals surface area contributed by atoms with Crippen LogP contribution in [0.15, 0.2) is 84.9 Å². The van der Waals surface area contributed by atoms with Crippen molar-refractivity contribution in [3.63, 3.8) is 0 Å². The molecule has 0 aliphatic heterocycles. The first-order valence-corrected chi connectivity index (χ1v) is 8.91. The molecule has 3 aromatic rings. The quantitative estimate of drug-likeness (QED) is 0.565. The molecule has 3 rings (SSSR count). The number of benzene rings is 3. The van der Waals surface area contributed by atoms with E-state index in [2.05, 4.69) is 0 Å². The van der Waals surface area contributed by atoms with E-state index >= 15 is 0 Å². The monoisotopic (exact) mass is 362 g/mol. The molecule has 0 spiro atoms. The molecule has 0 unspecified atom stereocenters. The molecule has 1 N–H and O–H groups in total. The highest BCUT2D eigenvalue weighted by Gasteiger charge is 2.15. The molecular formula is C23H22O4. The van der Waals surface area contributed by atoms with Crippen LogP contribution in [0.1, 0.15) is 30.1 Å². The summed E-state index contributed by atoms with van der Waals surface area (Å²) in [6.45, 7) is 0.478. The van der Waals surface area contributed by atoms with Crippen LogP contribution < -0.4 is 9.47 Å². The van der Waals surface area contributed by atoms with Crippen molar-refractivity contribution < 1.29 is 19.4 Å². The lowest BCUT2D eigenvalue weighted by Gasteiger charge is -2.19. The first kappa shape index (κ1) is 18.5. The van der Waals surface area contributed by atoms with Gasteiger partial charge in [-0.3, -0.25) is 4.79 Å². The highest BCUT2D eigenvalue weighted by molar-refractivity contribution is 5.66. The Balaban J connectivity index is 1.69. The van der Waals surface area contributed by atoms with Crippen LogP contribution in [-0.4, -0.2) is 11.1 Å². The van der Waals surface area contributed by atoms with E-state index in [9.17, 15) is 4.79 Å². The van der Waals surface area contributed by atoms with Crippen molar-refractivity contribution in [2.45, 2.75) is 25.6 Å². The summed E-state index contributed by atoms with van der Waals surface area (Å²) in [4.78, 5) is 11.0. The topological polar surface area (TPSA) is 55.8 Å². The molecular weight excluding hydrogens is 340 g/mol. The summed E-state index contributed by atoms with van der Waals surface area (Å²) in [6.07, 6.45) is 0.116. The zero-order chi connectivity index (χ0) is 18.9. The summed E-state index contributed by atoms with van der Waals surface area (Å²) < 4.78 is 11.9. The predicted octanol–water partition coefficient (Wildman–Crippen LogP) is 5.25. The van der Waals surface area contributed by atoms with Crippen molar-refractivity contribution in [1.82, 2.24) is 0 Å². The second-order valence-electron chi connectivity index (χ2n) is 6.20. The van der Waals surface area contributed by atoms with E-state index in [1.54, 1.807) is 0 Å². The Morgan fingerprint density at radius 1 is 0.852 bits per heavy atom. The van der Waals surface area contributed by atoms with Crippen molar-refractivity contribution in [2.24, 2.45) is 0 Å². The number of ether oxygens (including phenoxy) is 2. The summed E-state index contributed by atoms with van der Waals surface area (Å²) in [7, 11) is 0. The van der Waals surface area contributed by atoms with Crippen LogP contribution in [0, 0.1) is 0 Å². The normalized spacial score (nSPS) is 11.6. The average molecular weight is 362 g/mol. The largest absolute Gasteiger partial charge is 0.489 e. The Labute approximate surface area is 159 Å². The maximum Gasteiger partial charge on any atom is 0.303 e. The zero-order valence-electron chi connectivity index (χ0n) is 15.0. The lowest BCUT2D eigenvalue weighted by molar-refractivity contribution is -0.137. The summed E-state index contributed by atoms with van der Waals surface area (Å²) in [5.74, 6) is 0.528. The van der Waals surface area contributed by atoms with Gasteiger partial charge in [0, 0.05) is 12.5 Å². The molecule has 0 amide bonds. The summed E-state index contributed by atoms with van der Waals surface area (Å²) in [5, 5.41) is 9.02. The molecule has 0 aliphatic carbocycles. The van der Waals surface area contributed by atoms with Crippen LogP contribution in [0.5, 0.6) is 11.5 Å². The fourth-order valence-corrected chi connectivity index (χ4v) is 2.76. The number of carboxylic acids is 1. The second-order valence-corrected chi connectivity index (χ2v) is 6.20. The molecule has 0 saturated carbocycles. The highest BCUT2D eigenvalue weighted by Crippen LogP contribution is 2.28. The van der Waals surface area contributed by atoms with E-state index in [4.69, 9.17) is 14.6 Å². The van der Waals surface area contributed by atoms with Crippen LogP contribution >= 0.6 is 0 Å². The standard InChI is InChI=1S/C23H22O4/c24-23(25)15-14-22(19-10-5-2-6-11-19)27-21-13-7-12-20(16-21)26-17-18-8-3-1-4-9-18/h1-13,16,22H,14-15,17H2,(H,24,25)/t22-/m0/s1. The van der Waals surface area contributed by atoms with Crippen molar-refractivity contribution in [3.8, 4) is 11.5 Å². The van der Waals surface area contributed by atoms with Gasteiger partial charge in [0.05, 0.1) is 0 Å². The smallest absolute Gasteiger partial charge is 0.303 e. The molecule has 0 aliphatic rings. The average Bonchev–Trinajstić information content (AvgIpc) is 2.71. The number of carbonyl (C=O) groups is 1. The number of carboxylic acid groups (broad SMARTS) is 1. The molecule has 0 radical (unpaired) electrons. The minimum Gasteiger partial charge on any atom is -0.489 e. The molecule has 1 atom stereocenters. The van der Waals surface area contributed by atoms with Gasteiger partial charge in [0.25, 0.3) is 0 Å². The molecule has 0 fully saturated rings. The van der Waals surface area contributed by atoms with Gasteiger partial charge in [-0.25, -0.2) is 0 Å². The first-order valence-electron chi connectivity index (χ1n) is 8.91. The number of hydrogen-bond donors (Lipinski definition) is 1. The summed E-state index contributed by atoms with van der Waals surface area (Å²) in [5.41, 5.74) is 2.04. The van der Waals surface area contributed by atoms with Crippen LogP contribution in [0.3, 0.4) is 0 Å². The fourth-order valence-electron chi connectivity index (χ4n) is 2.76. The van der Waals surface area contributed by atoms with Crippen LogP contribution in [0.25, 0.3) is 0 Å². The minimum atomic E-state index is -0.834. The van der Waals surface area contributed by atoms with Gasteiger partial charge in [-0.05, 0) is 29.7 Å². The number of rotatable bonds is 9. The van der Waals surface area contributed by atoms with Gasteiger partial charge in [0.15, 0.2) is 0 Å². The molecule has 4 heteroatoms. The van der Waals surface area contributed by atoms with Crippen molar-refractivity contribution in [3.05, 3.63) is 96.1 Å². The second kappa shape index (κ2) is 9.43. The van der Waals surface area contributed by atoms with E-state index in [-0.39, 0.29) is 12.5 Å².